The average molecular weight is 280 g/mol. The molecule has 1 aromatic carbocycles. The van der Waals surface area contributed by atoms with Gasteiger partial charge < -0.3 is 10.0 Å². The summed E-state index contributed by atoms with van der Waals surface area (Å²) in [6.07, 6.45) is 1.11. The van der Waals surface area contributed by atoms with E-state index in [1.54, 1.807) is 12.1 Å². The van der Waals surface area contributed by atoms with E-state index in [1.165, 1.54) is 12.1 Å². The lowest BCUT2D eigenvalue weighted by Gasteiger charge is -2.34. The van der Waals surface area contributed by atoms with Crippen molar-refractivity contribution in [2.75, 3.05) is 39.3 Å². The number of hydrogen-bond donors (Lipinski definition) is 1. The second-order valence-corrected chi connectivity index (χ2v) is 5.07. The number of hydrogen-bond acceptors (Lipinski definition) is 3. The Kier molecular flexibility index (Phi) is 5.49. The minimum Gasteiger partial charge on any atom is -0.395 e. The first kappa shape index (κ1) is 14.9. The molecule has 0 spiro atoms. The van der Waals surface area contributed by atoms with Crippen LogP contribution in [0.4, 0.5) is 4.39 Å². The molecule has 110 valence electrons. The molecule has 0 saturated carbocycles. The van der Waals surface area contributed by atoms with Crippen LogP contribution in [0.3, 0.4) is 0 Å². The van der Waals surface area contributed by atoms with Gasteiger partial charge in [0.2, 0.25) is 5.91 Å². The van der Waals surface area contributed by atoms with Crippen molar-refractivity contribution in [3.8, 4) is 0 Å². The van der Waals surface area contributed by atoms with Crippen molar-refractivity contribution in [3.05, 3.63) is 35.6 Å². The molecule has 1 saturated heterocycles. The third-order valence-corrected chi connectivity index (χ3v) is 3.68. The number of carbonyl (C=O) groups is 1. The predicted octanol–water partition coefficient (Wildman–Crippen LogP) is 0.895. The Bertz CT molecular complexity index is 428. The second kappa shape index (κ2) is 7.36. The van der Waals surface area contributed by atoms with Crippen molar-refractivity contribution < 1.29 is 14.3 Å². The fourth-order valence-corrected chi connectivity index (χ4v) is 2.42. The number of benzene rings is 1. The minimum absolute atomic E-state index is 0.151. The summed E-state index contributed by atoms with van der Waals surface area (Å²) in [4.78, 5) is 16.1. The van der Waals surface area contributed by atoms with Crippen LogP contribution in [0.2, 0.25) is 0 Å². The molecular formula is C15H21FN2O2. The molecule has 4 nitrogen and oxygen atoms in total. The molecule has 0 radical (unpaired) electrons. The number of nitrogens with zero attached hydrogens (tertiary/aromatic N) is 2. The van der Waals surface area contributed by atoms with Crippen LogP contribution in [0, 0.1) is 5.82 Å². The van der Waals surface area contributed by atoms with E-state index in [9.17, 15) is 9.18 Å². The van der Waals surface area contributed by atoms with Gasteiger partial charge in [-0.05, 0) is 24.1 Å². The highest BCUT2D eigenvalue weighted by atomic mass is 19.1. The van der Waals surface area contributed by atoms with E-state index in [1.807, 2.05) is 4.90 Å². The summed E-state index contributed by atoms with van der Waals surface area (Å²) < 4.78 is 12.8. The third-order valence-electron chi connectivity index (χ3n) is 3.68. The zero-order chi connectivity index (χ0) is 14.4. The van der Waals surface area contributed by atoms with E-state index in [2.05, 4.69) is 4.90 Å². The third kappa shape index (κ3) is 4.28. The molecular weight excluding hydrogens is 259 g/mol. The Morgan fingerprint density at radius 3 is 2.40 bits per heavy atom. The molecule has 1 aromatic rings. The van der Waals surface area contributed by atoms with E-state index < -0.39 is 0 Å². The molecule has 0 aliphatic carbocycles. The van der Waals surface area contributed by atoms with Gasteiger partial charge in [-0.2, -0.15) is 0 Å². The Morgan fingerprint density at radius 1 is 1.15 bits per heavy atom. The van der Waals surface area contributed by atoms with Crippen LogP contribution in [0.15, 0.2) is 24.3 Å². The Balaban J connectivity index is 1.74. The summed E-state index contributed by atoms with van der Waals surface area (Å²) in [7, 11) is 0. The van der Waals surface area contributed by atoms with Gasteiger partial charge in [-0.25, -0.2) is 4.39 Å². The van der Waals surface area contributed by atoms with Gasteiger partial charge in [0.05, 0.1) is 6.61 Å². The lowest BCUT2D eigenvalue weighted by molar-refractivity contribution is -0.132. The Morgan fingerprint density at radius 2 is 1.80 bits per heavy atom. The molecule has 1 aliphatic rings. The molecule has 20 heavy (non-hydrogen) atoms. The molecule has 1 amide bonds. The monoisotopic (exact) mass is 280 g/mol. The van der Waals surface area contributed by atoms with E-state index in [4.69, 9.17) is 5.11 Å². The highest BCUT2D eigenvalue weighted by Gasteiger charge is 2.20. The standard InChI is InChI=1S/C15H21FN2O2/c16-14-4-1-13(2-5-14)3-6-15(20)18-9-7-17(8-10-18)11-12-19/h1-2,4-5,19H,3,6-12H2. The van der Waals surface area contributed by atoms with Crippen molar-refractivity contribution in [3.63, 3.8) is 0 Å². The number of piperazine rings is 1. The normalized spacial score (nSPS) is 16.4. The van der Waals surface area contributed by atoms with Gasteiger partial charge in [-0.3, -0.25) is 9.69 Å². The number of rotatable bonds is 5. The summed E-state index contributed by atoms with van der Waals surface area (Å²) in [5.74, 6) is -0.0990. The topological polar surface area (TPSA) is 43.8 Å². The van der Waals surface area contributed by atoms with E-state index >= 15 is 0 Å². The first-order chi connectivity index (χ1) is 9.69. The van der Waals surface area contributed by atoms with Crippen LogP contribution in [0.5, 0.6) is 0 Å². The zero-order valence-corrected chi connectivity index (χ0v) is 11.6. The largest absolute Gasteiger partial charge is 0.395 e. The van der Waals surface area contributed by atoms with Gasteiger partial charge in [0.15, 0.2) is 0 Å². The summed E-state index contributed by atoms with van der Waals surface area (Å²) in [5, 5.41) is 8.87. The molecule has 1 fully saturated rings. The molecule has 0 bridgehead atoms. The van der Waals surface area contributed by atoms with Crippen molar-refractivity contribution in [2.24, 2.45) is 0 Å². The molecule has 1 heterocycles. The number of halogens is 1. The van der Waals surface area contributed by atoms with Crippen LogP contribution >= 0.6 is 0 Å². The van der Waals surface area contributed by atoms with Gasteiger partial charge in [-0.15, -0.1) is 0 Å². The van der Waals surface area contributed by atoms with E-state index in [-0.39, 0.29) is 18.3 Å². The predicted molar refractivity (Wildman–Crippen MR) is 74.8 cm³/mol. The van der Waals surface area contributed by atoms with Crippen LogP contribution in [-0.4, -0.2) is 60.1 Å². The molecule has 0 unspecified atom stereocenters. The number of β-amino-alcohol motifs (C(OH)–C–C–N with tert-alkyl or cyclic N) is 1. The van der Waals surface area contributed by atoms with Crippen molar-refractivity contribution in [1.29, 1.82) is 0 Å². The van der Waals surface area contributed by atoms with E-state index in [0.29, 0.717) is 19.4 Å². The van der Waals surface area contributed by atoms with Crippen molar-refractivity contribution in [2.45, 2.75) is 12.8 Å². The summed E-state index contributed by atoms with van der Waals surface area (Å²) in [6, 6.07) is 6.30. The van der Waals surface area contributed by atoms with Crippen LogP contribution in [0.25, 0.3) is 0 Å². The summed E-state index contributed by atoms with van der Waals surface area (Å²) in [6.45, 7) is 3.94. The summed E-state index contributed by atoms with van der Waals surface area (Å²) >= 11 is 0. The molecule has 5 heteroatoms. The van der Waals surface area contributed by atoms with Gasteiger partial charge in [-0.1, -0.05) is 12.1 Å². The fraction of sp³-hybridized carbons (Fsp3) is 0.533. The van der Waals surface area contributed by atoms with E-state index in [0.717, 1.165) is 31.7 Å². The van der Waals surface area contributed by atoms with Crippen molar-refractivity contribution >= 4 is 5.91 Å². The first-order valence-corrected chi connectivity index (χ1v) is 7.04. The molecule has 0 aromatic heterocycles. The van der Waals surface area contributed by atoms with Gasteiger partial charge in [0.25, 0.3) is 0 Å². The SMILES string of the molecule is O=C(CCc1ccc(F)cc1)N1CCN(CCO)CC1. The van der Waals surface area contributed by atoms with Crippen molar-refractivity contribution in [1.82, 2.24) is 9.80 Å². The highest BCUT2D eigenvalue weighted by Crippen LogP contribution is 2.09. The second-order valence-electron chi connectivity index (χ2n) is 5.07. The number of aryl methyl sites for hydroxylation is 1. The zero-order valence-electron chi connectivity index (χ0n) is 11.6. The average Bonchev–Trinajstić information content (AvgIpc) is 2.47. The number of carbonyl (C=O) groups excluding carboxylic acids is 1. The lowest BCUT2D eigenvalue weighted by atomic mass is 10.1. The number of aliphatic hydroxyl groups is 1. The maximum atomic E-state index is 12.8. The highest BCUT2D eigenvalue weighted by molar-refractivity contribution is 5.76. The fourth-order valence-electron chi connectivity index (χ4n) is 2.42. The quantitative estimate of drug-likeness (QED) is 0.871. The molecule has 2 rings (SSSR count). The van der Waals surface area contributed by atoms with Crippen LogP contribution < -0.4 is 0 Å². The van der Waals surface area contributed by atoms with Gasteiger partial charge >= 0.3 is 0 Å². The lowest BCUT2D eigenvalue weighted by Crippen LogP contribution is -2.49. The smallest absolute Gasteiger partial charge is 0.222 e. The number of aliphatic hydroxyl groups excluding tert-OH is 1. The van der Waals surface area contributed by atoms with Crippen LogP contribution in [0.1, 0.15) is 12.0 Å². The first-order valence-electron chi connectivity index (χ1n) is 7.04. The summed E-state index contributed by atoms with van der Waals surface area (Å²) in [5.41, 5.74) is 0.985. The van der Waals surface area contributed by atoms with Gasteiger partial charge in [0.1, 0.15) is 5.82 Å². The maximum absolute atomic E-state index is 12.8. The Labute approximate surface area is 118 Å². The maximum Gasteiger partial charge on any atom is 0.222 e. The minimum atomic E-state index is -0.250. The molecule has 1 aliphatic heterocycles. The molecule has 0 atom stereocenters. The number of amides is 1. The van der Waals surface area contributed by atoms with Crippen LogP contribution in [-0.2, 0) is 11.2 Å². The van der Waals surface area contributed by atoms with Gasteiger partial charge in [0, 0.05) is 39.1 Å². The Hall–Kier alpha value is -1.46. The molecule has 1 N–H and O–H groups in total.